The monoisotopic (exact) mass is 487 g/mol. The van der Waals surface area contributed by atoms with Crippen molar-refractivity contribution in [1.29, 1.82) is 0 Å². The van der Waals surface area contributed by atoms with Gasteiger partial charge in [-0.15, -0.1) is 10.2 Å². The summed E-state index contributed by atoms with van der Waals surface area (Å²) in [5.74, 6) is 0.994. The summed E-state index contributed by atoms with van der Waals surface area (Å²) in [6, 6.07) is 17.7. The van der Waals surface area contributed by atoms with Crippen LogP contribution in [0.1, 0.15) is 5.56 Å². The van der Waals surface area contributed by atoms with Crippen molar-refractivity contribution in [3.8, 4) is 0 Å². The molecule has 1 aliphatic heterocycles. The first kappa shape index (κ1) is 20.9. The molecule has 2 aromatic carbocycles. The summed E-state index contributed by atoms with van der Waals surface area (Å²) in [4.78, 5) is 14.6. The highest BCUT2D eigenvalue weighted by atomic mass is 79.9. The first-order valence-electron chi connectivity index (χ1n) is 9.67. The summed E-state index contributed by atoms with van der Waals surface area (Å²) in [6.07, 6.45) is 0. The number of aromatic nitrogens is 3. The zero-order valence-electron chi connectivity index (χ0n) is 16.3. The maximum Gasteiger partial charge on any atom is 0.234 e. The van der Waals surface area contributed by atoms with Crippen molar-refractivity contribution in [2.24, 2.45) is 0 Å². The summed E-state index contributed by atoms with van der Waals surface area (Å²) in [6.45, 7) is 3.56. The van der Waals surface area contributed by atoms with E-state index < -0.39 is 0 Å². The lowest BCUT2D eigenvalue weighted by Crippen LogP contribution is -2.38. The van der Waals surface area contributed by atoms with E-state index in [-0.39, 0.29) is 11.7 Å². The second-order valence-electron chi connectivity index (χ2n) is 6.80. The van der Waals surface area contributed by atoms with Crippen molar-refractivity contribution in [1.82, 2.24) is 14.8 Å². The predicted octanol–water partition coefficient (Wildman–Crippen LogP) is 3.66. The number of hydrogen-bond donors (Lipinski definition) is 1. The fraction of sp³-hybridized carbons (Fsp3) is 0.286. The Hall–Kier alpha value is -2.36. The molecule has 0 bridgehead atoms. The Labute approximate surface area is 187 Å². The van der Waals surface area contributed by atoms with Gasteiger partial charge in [0.1, 0.15) is 0 Å². The number of nitrogens with one attached hydrogen (secondary N) is 1. The highest BCUT2D eigenvalue weighted by Crippen LogP contribution is 2.24. The second-order valence-corrected chi connectivity index (χ2v) is 8.66. The van der Waals surface area contributed by atoms with Gasteiger partial charge in [0.25, 0.3) is 0 Å². The third-order valence-corrected chi connectivity index (χ3v) is 6.13. The first-order valence-corrected chi connectivity index (χ1v) is 11.4. The molecule has 156 valence electrons. The van der Waals surface area contributed by atoms with Crippen LogP contribution in [0, 0.1) is 0 Å². The number of rotatable bonds is 7. The van der Waals surface area contributed by atoms with Crippen LogP contribution < -0.4 is 10.2 Å². The number of carbonyl (C=O) groups is 1. The third-order valence-electron chi connectivity index (χ3n) is 4.64. The third kappa shape index (κ3) is 5.41. The smallest absolute Gasteiger partial charge is 0.234 e. The van der Waals surface area contributed by atoms with Crippen molar-refractivity contribution >= 4 is 45.2 Å². The molecule has 0 spiro atoms. The molecule has 1 saturated heterocycles. The normalized spacial score (nSPS) is 14.0. The van der Waals surface area contributed by atoms with Gasteiger partial charge in [0.05, 0.1) is 25.5 Å². The Balaban J connectivity index is 1.48. The molecule has 1 N–H and O–H groups in total. The molecule has 0 unspecified atom stereocenters. The van der Waals surface area contributed by atoms with Gasteiger partial charge in [-0.2, -0.15) is 0 Å². The molecule has 0 radical (unpaired) electrons. The van der Waals surface area contributed by atoms with Gasteiger partial charge in [-0.25, -0.2) is 0 Å². The number of benzene rings is 2. The number of ether oxygens (including phenoxy) is 1. The van der Waals surface area contributed by atoms with E-state index in [1.54, 1.807) is 0 Å². The fourth-order valence-corrected chi connectivity index (χ4v) is 4.15. The van der Waals surface area contributed by atoms with Crippen LogP contribution in [0.2, 0.25) is 0 Å². The van der Waals surface area contributed by atoms with Crippen LogP contribution in [0.4, 0.5) is 11.6 Å². The Morgan fingerprint density at radius 2 is 1.80 bits per heavy atom. The molecule has 1 aromatic heterocycles. The zero-order valence-corrected chi connectivity index (χ0v) is 18.7. The van der Waals surface area contributed by atoms with Crippen molar-refractivity contribution in [2.75, 3.05) is 42.3 Å². The summed E-state index contributed by atoms with van der Waals surface area (Å²) in [5.41, 5.74) is 1.93. The van der Waals surface area contributed by atoms with E-state index in [9.17, 15) is 4.79 Å². The molecule has 1 fully saturated rings. The van der Waals surface area contributed by atoms with Gasteiger partial charge in [-0.05, 0) is 29.8 Å². The summed E-state index contributed by atoms with van der Waals surface area (Å²) in [5, 5.41) is 12.5. The molecule has 0 aliphatic carbocycles. The number of halogens is 1. The van der Waals surface area contributed by atoms with Gasteiger partial charge in [0.2, 0.25) is 11.9 Å². The number of morpholine rings is 1. The largest absolute Gasteiger partial charge is 0.378 e. The molecule has 2 heterocycles. The average molecular weight is 488 g/mol. The van der Waals surface area contributed by atoms with Crippen molar-refractivity contribution in [2.45, 2.75) is 11.7 Å². The van der Waals surface area contributed by atoms with E-state index in [0.717, 1.165) is 39.9 Å². The lowest BCUT2D eigenvalue weighted by Gasteiger charge is -2.28. The Kier molecular flexibility index (Phi) is 7.03. The van der Waals surface area contributed by atoms with Crippen molar-refractivity contribution in [3.63, 3.8) is 0 Å². The lowest BCUT2D eigenvalue weighted by molar-refractivity contribution is -0.113. The molecule has 0 atom stereocenters. The Morgan fingerprint density at radius 3 is 2.53 bits per heavy atom. The quantitative estimate of drug-likeness (QED) is 0.512. The van der Waals surface area contributed by atoms with E-state index in [2.05, 4.69) is 53.0 Å². The van der Waals surface area contributed by atoms with Gasteiger partial charge in [0, 0.05) is 23.2 Å². The van der Waals surface area contributed by atoms with Crippen molar-refractivity contribution < 1.29 is 9.53 Å². The molecule has 1 amide bonds. The van der Waals surface area contributed by atoms with Gasteiger partial charge < -0.3 is 15.0 Å². The second kappa shape index (κ2) is 10.1. The maximum atomic E-state index is 12.4. The number of thioether (sulfide) groups is 1. The minimum atomic E-state index is -0.0792. The van der Waals surface area contributed by atoms with Crippen LogP contribution in [0.5, 0.6) is 0 Å². The first-order chi connectivity index (χ1) is 14.7. The molecule has 0 saturated carbocycles. The number of anilines is 2. The highest BCUT2D eigenvalue weighted by Gasteiger charge is 2.21. The number of hydrogen-bond acceptors (Lipinski definition) is 6. The zero-order chi connectivity index (χ0) is 20.8. The van der Waals surface area contributed by atoms with Gasteiger partial charge >= 0.3 is 0 Å². The SMILES string of the molecule is O=C(CSc1nnc(N2CCOCC2)n1Cc1ccccc1)Nc1ccc(Br)cc1. The predicted molar refractivity (Wildman–Crippen MR) is 122 cm³/mol. The van der Waals surface area contributed by atoms with Gasteiger partial charge in [0.15, 0.2) is 5.16 Å². The van der Waals surface area contributed by atoms with E-state index in [1.165, 1.54) is 11.8 Å². The van der Waals surface area contributed by atoms with Crippen LogP contribution in [-0.2, 0) is 16.1 Å². The standard InChI is InChI=1S/C21H22BrN5O2S/c22-17-6-8-18(9-7-17)23-19(28)15-30-21-25-24-20(26-10-12-29-13-11-26)27(21)14-16-4-2-1-3-5-16/h1-9H,10-15H2,(H,23,28). The van der Waals surface area contributed by atoms with Crippen LogP contribution in [-0.4, -0.2) is 52.7 Å². The molecule has 3 aromatic rings. The van der Waals surface area contributed by atoms with Crippen molar-refractivity contribution in [3.05, 3.63) is 64.6 Å². The summed E-state index contributed by atoms with van der Waals surface area (Å²) in [7, 11) is 0. The van der Waals surface area contributed by atoms with Crippen LogP contribution in [0.25, 0.3) is 0 Å². The maximum absolute atomic E-state index is 12.4. The van der Waals surface area contributed by atoms with Crippen LogP contribution in [0.3, 0.4) is 0 Å². The van der Waals surface area contributed by atoms with E-state index in [0.29, 0.717) is 19.8 Å². The van der Waals surface area contributed by atoms with E-state index >= 15 is 0 Å². The number of amides is 1. The minimum Gasteiger partial charge on any atom is -0.378 e. The average Bonchev–Trinajstić information content (AvgIpc) is 3.17. The molecule has 4 rings (SSSR count). The molecule has 1 aliphatic rings. The molecule has 7 nitrogen and oxygen atoms in total. The summed E-state index contributed by atoms with van der Waals surface area (Å²) >= 11 is 4.79. The Morgan fingerprint density at radius 1 is 1.07 bits per heavy atom. The van der Waals surface area contributed by atoms with Crippen LogP contribution >= 0.6 is 27.7 Å². The molecular weight excluding hydrogens is 466 g/mol. The number of nitrogens with zero attached hydrogens (tertiary/aromatic N) is 4. The molecular formula is C21H22BrN5O2S. The van der Waals surface area contributed by atoms with Crippen LogP contribution in [0.15, 0.2) is 64.2 Å². The van der Waals surface area contributed by atoms with E-state index in [4.69, 9.17) is 4.74 Å². The minimum absolute atomic E-state index is 0.0792. The summed E-state index contributed by atoms with van der Waals surface area (Å²) < 4.78 is 8.52. The number of carbonyl (C=O) groups excluding carboxylic acids is 1. The molecule has 9 heteroatoms. The highest BCUT2D eigenvalue weighted by molar-refractivity contribution is 9.10. The van der Waals surface area contributed by atoms with E-state index in [1.807, 2.05) is 42.5 Å². The van der Waals surface area contributed by atoms with Gasteiger partial charge in [-0.3, -0.25) is 9.36 Å². The molecule has 30 heavy (non-hydrogen) atoms. The topological polar surface area (TPSA) is 72.3 Å². The Bertz CT molecular complexity index is 975. The lowest BCUT2D eigenvalue weighted by atomic mass is 10.2. The van der Waals surface area contributed by atoms with Gasteiger partial charge in [-0.1, -0.05) is 58.0 Å². The fourth-order valence-electron chi connectivity index (χ4n) is 3.15.